The van der Waals surface area contributed by atoms with Crippen LogP contribution in [-0.2, 0) is 4.79 Å². The molecule has 5 rings (SSSR count). The Labute approximate surface area is 194 Å². The predicted octanol–water partition coefficient (Wildman–Crippen LogP) is 4.18. The zero-order valence-corrected chi connectivity index (χ0v) is 18.0. The van der Waals surface area contributed by atoms with Gasteiger partial charge in [-0.1, -0.05) is 24.3 Å². The van der Waals surface area contributed by atoms with E-state index in [2.05, 4.69) is 25.7 Å². The van der Waals surface area contributed by atoms with Crippen molar-refractivity contribution >= 4 is 23.2 Å². The van der Waals surface area contributed by atoms with Gasteiger partial charge < -0.3 is 10.6 Å². The monoisotopic (exact) mass is 453 g/mol. The molecular weight excluding hydrogens is 434 g/mol. The number of rotatable bonds is 5. The number of benzene rings is 2. The van der Waals surface area contributed by atoms with Crippen molar-refractivity contribution in [2.24, 2.45) is 0 Å². The molecule has 10 heteroatoms. The van der Waals surface area contributed by atoms with Crippen molar-refractivity contribution < 1.29 is 9.72 Å². The number of hydrogen-bond acceptors (Lipinski definition) is 7. The van der Waals surface area contributed by atoms with Gasteiger partial charge in [0.15, 0.2) is 5.82 Å². The van der Waals surface area contributed by atoms with Crippen molar-refractivity contribution in [3.8, 4) is 11.4 Å². The van der Waals surface area contributed by atoms with Crippen LogP contribution in [0.3, 0.4) is 0 Å². The molecule has 0 bridgehead atoms. The minimum Gasteiger partial charge on any atom is -0.328 e. The van der Waals surface area contributed by atoms with Crippen LogP contribution >= 0.6 is 0 Å². The molecule has 2 aromatic carbocycles. The number of carbonyl (C=O) groups is 1. The lowest BCUT2D eigenvalue weighted by Crippen LogP contribution is -2.32. The molecule has 0 saturated carbocycles. The standard InChI is InChI=1S/C24H19N7O3/c1-15-20(23(32)27-17-7-3-2-4-8-17)21(19-9-5-6-14-25-19)30-24(26-15)28-22(29-30)16-10-12-18(13-11-16)31(33)34/h2-14,21H,1H3,(H,27,32)(H,26,28,29). The van der Waals surface area contributed by atoms with Crippen molar-refractivity contribution in [1.29, 1.82) is 0 Å². The Hall–Kier alpha value is -4.86. The molecule has 2 N–H and O–H groups in total. The zero-order chi connectivity index (χ0) is 23.7. The highest BCUT2D eigenvalue weighted by Gasteiger charge is 2.35. The van der Waals surface area contributed by atoms with E-state index in [9.17, 15) is 14.9 Å². The highest BCUT2D eigenvalue weighted by atomic mass is 16.6. The normalized spacial score (nSPS) is 14.8. The second-order valence-corrected chi connectivity index (χ2v) is 7.65. The highest BCUT2D eigenvalue weighted by molar-refractivity contribution is 6.05. The molecule has 0 spiro atoms. The van der Waals surface area contributed by atoms with E-state index in [0.717, 1.165) is 0 Å². The SMILES string of the molecule is CC1=C(C(=O)Nc2ccccc2)C(c2ccccn2)n2nc(-c3ccc([N+](=O)[O-])cc3)nc2N1. The van der Waals surface area contributed by atoms with Gasteiger partial charge in [0.2, 0.25) is 5.95 Å². The number of para-hydroxylation sites is 1. The van der Waals surface area contributed by atoms with Crippen LogP contribution in [0.15, 0.2) is 90.3 Å². The molecule has 168 valence electrons. The predicted molar refractivity (Wildman–Crippen MR) is 126 cm³/mol. The first-order chi connectivity index (χ1) is 16.5. The lowest BCUT2D eigenvalue weighted by Gasteiger charge is -2.28. The molecule has 0 radical (unpaired) electrons. The largest absolute Gasteiger partial charge is 0.328 e. The summed E-state index contributed by atoms with van der Waals surface area (Å²) >= 11 is 0. The Morgan fingerprint density at radius 3 is 2.47 bits per heavy atom. The van der Waals surface area contributed by atoms with Crippen LogP contribution in [0, 0.1) is 10.1 Å². The number of non-ortho nitro benzene ring substituents is 1. The van der Waals surface area contributed by atoms with E-state index >= 15 is 0 Å². The van der Waals surface area contributed by atoms with E-state index in [4.69, 9.17) is 0 Å². The number of nitro groups is 1. The smallest absolute Gasteiger partial charge is 0.269 e. The molecule has 1 amide bonds. The van der Waals surface area contributed by atoms with E-state index < -0.39 is 11.0 Å². The van der Waals surface area contributed by atoms with Crippen molar-refractivity contribution in [3.05, 3.63) is 106 Å². The maximum Gasteiger partial charge on any atom is 0.269 e. The molecule has 0 aliphatic carbocycles. The van der Waals surface area contributed by atoms with Gasteiger partial charge in [0.1, 0.15) is 6.04 Å². The summed E-state index contributed by atoms with van der Waals surface area (Å²) in [6, 6.07) is 20.0. The van der Waals surface area contributed by atoms with Gasteiger partial charge in [0, 0.05) is 35.3 Å². The van der Waals surface area contributed by atoms with E-state index in [1.165, 1.54) is 12.1 Å². The Morgan fingerprint density at radius 2 is 1.79 bits per heavy atom. The molecule has 2 aromatic heterocycles. The Balaban J connectivity index is 1.57. The van der Waals surface area contributed by atoms with Gasteiger partial charge in [0.25, 0.3) is 11.6 Å². The number of allylic oxidation sites excluding steroid dienone is 1. The third-order valence-electron chi connectivity index (χ3n) is 5.43. The highest BCUT2D eigenvalue weighted by Crippen LogP contribution is 2.36. The van der Waals surface area contributed by atoms with Crippen LogP contribution in [0.25, 0.3) is 11.4 Å². The fourth-order valence-electron chi connectivity index (χ4n) is 3.83. The van der Waals surface area contributed by atoms with Crippen LogP contribution in [0.4, 0.5) is 17.3 Å². The molecule has 0 fully saturated rings. The number of nitrogens with one attached hydrogen (secondary N) is 2. The summed E-state index contributed by atoms with van der Waals surface area (Å²) in [7, 11) is 0. The summed E-state index contributed by atoms with van der Waals surface area (Å²) in [6.45, 7) is 1.81. The van der Waals surface area contributed by atoms with Crippen LogP contribution < -0.4 is 10.6 Å². The fraction of sp³-hybridized carbons (Fsp3) is 0.0833. The van der Waals surface area contributed by atoms with Gasteiger partial charge >= 0.3 is 0 Å². The van der Waals surface area contributed by atoms with Crippen molar-refractivity contribution in [2.75, 3.05) is 10.6 Å². The van der Waals surface area contributed by atoms with Gasteiger partial charge in [-0.15, -0.1) is 5.10 Å². The van der Waals surface area contributed by atoms with Crippen LogP contribution in [0.1, 0.15) is 18.7 Å². The second-order valence-electron chi connectivity index (χ2n) is 7.65. The van der Waals surface area contributed by atoms with Crippen molar-refractivity contribution in [1.82, 2.24) is 19.7 Å². The molecule has 1 atom stereocenters. The molecule has 10 nitrogen and oxygen atoms in total. The van der Waals surface area contributed by atoms with Gasteiger partial charge in [-0.3, -0.25) is 19.9 Å². The lowest BCUT2D eigenvalue weighted by atomic mass is 9.98. The molecule has 3 heterocycles. The summed E-state index contributed by atoms with van der Waals surface area (Å²) in [6.07, 6.45) is 1.66. The minimum absolute atomic E-state index is 0.0189. The summed E-state index contributed by atoms with van der Waals surface area (Å²) in [5.41, 5.74) is 2.97. The van der Waals surface area contributed by atoms with E-state index in [1.807, 2.05) is 42.5 Å². The van der Waals surface area contributed by atoms with E-state index in [0.29, 0.717) is 40.0 Å². The zero-order valence-electron chi connectivity index (χ0n) is 18.0. The Bertz CT molecular complexity index is 1400. The van der Waals surface area contributed by atoms with E-state index in [1.54, 1.807) is 36.0 Å². The number of hydrogen-bond donors (Lipinski definition) is 2. The molecule has 34 heavy (non-hydrogen) atoms. The topological polar surface area (TPSA) is 128 Å². The molecule has 0 saturated heterocycles. The second kappa shape index (κ2) is 8.58. The summed E-state index contributed by atoms with van der Waals surface area (Å²) < 4.78 is 1.62. The van der Waals surface area contributed by atoms with E-state index in [-0.39, 0.29) is 11.6 Å². The van der Waals surface area contributed by atoms with Crippen molar-refractivity contribution in [2.45, 2.75) is 13.0 Å². The van der Waals surface area contributed by atoms with Crippen LogP contribution in [0.5, 0.6) is 0 Å². The van der Waals surface area contributed by atoms with Crippen LogP contribution in [0.2, 0.25) is 0 Å². The summed E-state index contributed by atoms with van der Waals surface area (Å²) in [5.74, 6) is 0.526. The number of aromatic nitrogens is 4. The summed E-state index contributed by atoms with van der Waals surface area (Å²) in [5, 5.41) is 21.7. The first-order valence-corrected chi connectivity index (χ1v) is 10.5. The fourth-order valence-corrected chi connectivity index (χ4v) is 3.83. The molecule has 4 aromatic rings. The molecule has 1 aliphatic rings. The van der Waals surface area contributed by atoms with Crippen LogP contribution in [-0.4, -0.2) is 30.6 Å². The molecular formula is C24H19N7O3. The lowest BCUT2D eigenvalue weighted by molar-refractivity contribution is -0.384. The number of carbonyl (C=O) groups excluding carboxylic acids is 1. The third kappa shape index (κ3) is 3.88. The number of nitro benzene ring substituents is 1. The third-order valence-corrected chi connectivity index (χ3v) is 5.43. The number of anilines is 2. The summed E-state index contributed by atoms with van der Waals surface area (Å²) in [4.78, 5) is 33.0. The van der Waals surface area contributed by atoms with Gasteiger partial charge in [-0.25, -0.2) is 4.68 Å². The number of amides is 1. The maximum absolute atomic E-state index is 13.4. The maximum atomic E-state index is 13.4. The van der Waals surface area contributed by atoms with Gasteiger partial charge in [-0.2, -0.15) is 4.98 Å². The molecule has 1 unspecified atom stereocenters. The average Bonchev–Trinajstić information content (AvgIpc) is 3.28. The number of pyridine rings is 1. The number of nitrogens with zero attached hydrogens (tertiary/aromatic N) is 5. The van der Waals surface area contributed by atoms with Gasteiger partial charge in [-0.05, 0) is 43.3 Å². The quantitative estimate of drug-likeness (QED) is 0.343. The first kappa shape index (κ1) is 21.0. The first-order valence-electron chi connectivity index (χ1n) is 10.5. The van der Waals surface area contributed by atoms with Crippen molar-refractivity contribution in [3.63, 3.8) is 0 Å². The van der Waals surface area contributed by atoms with Gasteiger partial charge in [0.05, 0.1) is 16.2 Å². The average molecular weight is 453 g/mol. The molecule has 1 aliphatic heterocycles. The Morgan fingerprint density at radius 1 is 1.06 bits per heavy atom. The minimum atomic E-state index is -0.625. The number of fused-ring (bicyclic) bond motifs is 1. The Kier molecular flexibility index (Phi) is 5.30.